The zero-order chi connectivity index (χ0) is 13.8. The quantitative estimate of drug-likeness (QED) is 0.470. The van der Waals surface area contributed by atoms with Crippen LogP contribution in [0.5, 0.6) is 0 Å². The van der Waals surface area contributed by atoms with Crippen molar-refractivity contribution < 1.29 is 9.72 Å². The average Bonchev–Trinajstić information content (AvgIpc) is 2.46. The molecule has 6 heteroatoms. The SMILES string of the molecule is N#Cc1cccc(N2CCCC(C=O)C2)c1[N+](=O)[O-]. The molecule has 1 aliphatic rings. The van der Waals surface area contributed by atoms with Crippen molar-refractivity contribution in [3.05, 3.63) is 33.9 Å². The van der Waals surface area contributed by atoms with Crippen LogP contribution in [0.25, 0.3) is 0 Å². The summed E-state index contributed by atoms with van der Waals surface area (Å²) in [6.45, 7) is 1.14. The molecule has 1 aliphatic heterocycles. The van der Waals surface area contributed by atoms with Crippen molar-refractivity contribution in [3.63, 3.8) is 0 Å². The molecule has 1 aromatic carbocycles. The van der Waals surface area contributed by atoms with E-state index in [4.69, 9.17) is 5.26 Å². The summed E-state index contributed by atoms with van der Waals surface area (Å²) in [7, 11) is 0. The molecule has 1 heterocycles. The maximum Gasteiger partial charge on any atom is 0.310 e. The van der Waals surface area contributed by atoms with Crippen LogP contribution in [0.2, 0.25) is 0 Å². The summed E-state index contributed by atoms with van der Waals surface area (Å²) in [4.78, 5) is 23.3. The standard InChI is InChI=1S/C13H13N3O3/c14-7-11-4-1-5-12(13(11)16(18)19)15-6-2-3-10(8-15)9-17/h1,4-5,9-10H,2-3,6,8H2. The lowest BCUT2D eigenvalue weighted by atomic mass is 9.98. The predicted molar refractivity (Wildman–Crippen MR) is 68.8 cm³/mol. The molecule has 1 atom stereocenters. The van der Waals surface area contributed by atoms with Crippen LogP contribution >= 0.6 is 0 Å². The fourth-order valence-corrected chi connectivity index (χ4v) is 2.41. The van der Waals surface area contributed by atoms with Crippen molar-refractivity contribution in [1.29, 1.82) is 5.26 Å². The Morgan fingerprint density at radius 2 is 2.32 bits per heavy atom. The van der Waals surface area contributed by atoms with Gasteiger partial charge in [0, 0.05) is 19.0 Å². The van der Waals surface area contributed by atoms with E-state index < -0.39 is 4.92 Å². The Hall–Kier alpha value is -2.42. The molecule has 0 radical (unpaired) electrons. The van der Waals surface area contributed by atoms with Gasteiger partial charge in [-0.2, -0.15) is 5.26 Å². The molecule has 1 fully saturated rings. The second-order valence-corrected chi connectivity index (χ2v) is 4.53. The number of carbonyl (C=O) groups is 1. The zero-order valence-corrected chi connectivity index (χ0v) is 10.3. The van der Waals surface area contributed by atoms with Crippen LogP contribution in [0.4, 0.5) is 11.4 Å². The third-order valence-electron chi connectivity index (χ3n) is 3.31. The molecule has 0 N–H and O–H groups in total. The van der Waals surface area contributed by atoms with Crippen molar-refractivity contribution in [3.8, 4) is 6.07 Å². The van der Waals surface area contributed by atoms with Crippen LogP contribution in [0.3, 0.4) is 0 Å². The Labute approximate surface area is 110 Å². The lowest BCUT2D eigenvalue weighted by Gasteiger charge is -2.31. The van der Waals surface area contributed by atoms with Crippen molar-refractivity contribution in [2.75, 3.05) is 18.0 Å². The van der Waals surface area contributed by atoms with Crippen LogP contribution in [0.1, 0.15) is 18.4 Å². The van der Waals surface area contributed by atoms with E-state index in [-0.39, 0.29) is 17.2 Å². The first kappa shape index (κ1) is 13.0. The topological polar surface area (TPSA) is 87.2 Å². The number of hydrogen-bond acceptors (Lipinski definition) is 5. The van der Waals surface area contributed by atoms with Crippen molar-refractivity contribution in [2.45, 2.75) is 12.8 Å². The van der Waals surface area contributed by atoms with E-state index in [1.165, 1.54) is 6.07 Å². The highest BCUT2D eigenvalue weighted by Crippen LogP contribution is 2.33. The Kier molecular flexibility index (Phi) is 3.76. The van der Waals surface area contributed by atoms with E-state index in [1.54, 1.807) is 12.1 Å². The van der Waals surface area contributed by atoms with E-state index >= 15 is 0 Å². The predicted octanol–water partition coefficient (Wildman–Crippen LogP) is 1.88. The fourth-order valence-electron chi connectivity index (χ4n) is 2.41. The van der Waals surface area contributed by atoms with E-state index in [2.05, 4.69) is 0 Å². The minimum absolute atomic E-state index is 0.0516. The van der Waals surface area contributed by atoms with Crippen LogP contribution in [-0.4, -0.2) is 24.3 Å². The molecule has 0 saturated carbocycles. The first-order chi connectivity index (χ1) is 9.17. The molecule has 6 nitrogen and oxygen atoms in total. The normalized spacial score (nSPS) is 18.7. The third-order valence-corrected chi connectivity index (χ3v) is 3.31. The largest absolute Gasteiger partial charge is 0.365 e. The molecule has 0 bridgehead atoms. The highest BCUT2D eigenvalue weighted by Gasteiger charge is 2.27. The Balaban J connectivity index is 2.42. The number of nitrogens with zero attached hydrogens (tertiary/aromatic N) is 3. The molecule has 2 rings (SSSR count). The number of aldehydes is 1. The van der Waals surface area contributed by atoms with Gasteiger partial charge >= 0.3 is 5.69 Å². The second-order valence-electron chi connectivity index (χ2n) is 4.53. The summed E-state index contributed by atoms with van der Waals surface area (Å²) in [5.74, 6) is -0.0981. The van der Waals surface area contributed by atoms with Gasteiger partial charge in [-0.1, -0.05) is 6.07 Å². The number of nitro benzene ring substituents is 1. The smallest absolute Gasteiger partial charge is 0.310 e. The highest BCUT2D eigenvalue weighted by atomic mass is 16.6. The van der Waals surface area contributed by atoms with E-state index in [0.29, 0.717) is 18.8 Å². The summed E-state index contributed by atoms with van der Waals surface area (Å²) in [5.41, 5.74) is 0.308. The van der Waals surface area contributed by atoms with E-state index in [9.17, 15) is 14.9 Å². The van der Waals surface area contributed by atoms with Gasteiger partial charge in [-0.05, 0) is 25.0 Å². The van der Waals surface area contributed by atoms with E-state index in [0.717, 1.165) is 19.1 Å². The van der Waals surface area contributed by atoms with Crippen LogP contribution in [-0.2, 0) is 4.79 Å². The first-order valence-electron chi connectivity index (χ1n) is 6.05. The lowest BCUT2D eigenvalue weighted by molar-refractivity contribution is -0.384. The monoisotopic (exact) mass is 259 g/mol. The summed E-state index contributed by atoms with van der Waals surface area (Å²) in [6.07, 6.45) is 2.52. The average molecular weight is 259 g/mol. The van der Waals surface area contributed by atoms with Gasteiger partial charge in [0.15, 0.2) is 0 Å². The van der Waals surface area contributed by atoms with Crippen LogP contribution < -0.4 is 4.90 Å². The molecule has 1 saturated heterocycles. The Morgan fingerprint density at radius 1 is 1.53 bits per heavy atom. The molecule has 1 aromatic rings. The number of nitriles is 1. The third kappa shape index (κ3) is 2.55. The molecular weight excluding hydrogens is 246 g/mol. The zero-order valence-electron chi connectivity index (χ0n) is 10.3. The molecular formula is C13H13N3O3. The number of carbonyl (C=O) groups excluding carboxylic acids is 1. The summed E-state index contributed by atoms with van der Waals surface area (Å²) in [6, 6.07) is 6.54. The van der Waals surface area contributed by atoms with Crippen molar-refractivity contribution >= 4 is 17.7 Å². The Bertz CT molecular complexity index is 551. The van der Waals surface area contributed by atoms with Crippen LogP contribution in [0, 0.1) is 27.4 Å². The highest BCUT2D eigenvalue weighted by molar-refractivity contribution is 5.70. The van der Waals surface area contributed by atoms with E-state index in [1.807, 2.05) is 11.0 Å². The second kappa shape index (κ2) is 5.48. The van der Waals surface area contributed by atoms with Gasteiger partial charge in [-0.3, -0.25) is 10.1 Å². The molecule has 1 unspecified atom stereocenters. The minimum atomic E-state index is -0.529. The van der Waals surface area contributed by atoms with Gasteiger partial charge < -0.3 is 9.69 Å². The summed E-state index contributed by atoms with van der Waals surface area (Å²) < 4.78 is 0. The van der Waals surface area contributed by atoms with Gasteiger partial charge in [0.05, 0.1) is 4.92 Å². The number of rotatable bonds is 3. The molecule has 0 spiro atoms. The fraction of sp³-hybridized carbons (Fsp3) is 0.385. The molecule has 98 valence electrons. The van der Waals surface area contributed by atoms with Crippen LogP contribution in [0.15, 0.2) is 18.2 Å². The van der Waals surface area contributed by atoms with Crippen molar-refractivity contribution in [2.24, 2.45) is 5.92 Å². The first-order valence-corrected chi connectivity index (χ1v) is 6.05. The maximum atomic E-state index is 11.2. The van der Waals surface area contributed by atoms with Gasteiger partial charge in [-0.25, -0.2) is 0 Å². The molecule has 0 amide bonds. The van der Waals surface area contributed by atoms with Crippen molar-refractivity contribution in [1.82, 2.24) is 0 Å². The molecule has 0 aromatic heterocycles. The summed E-state index contributed by atoms with van der Waals surface area (Å²) >= 11 is 0. The molecule has 0 aliphatic carbocycles. The number of hydrogen-bond donors (Lipinski definition) is 0. The van der Waals surface area contributed by atoms with Gasteiger partial charge in [0.25, 0.3) is 0 Å². The minimum Gasteiger partial charge on any atom is -0.365 e. The summed E-state index contributed by atoms with van der Waals surface area (Å²) in [5, 5.41) is 20.1. The maximum absolute atomic E-state index is 11.2. The Morgan fingerprint density at radius 3 is 2.95 bits per heavy atom. The van der Waals surface area contributed by atoms with Gasteiger partial charge in [0.1, 0.15) is 23.6 Å². The number of nitro groups is 1. The number of para-hydroxylation sites is 1. The molecule has 19 heavy (non-hydrogen) atoms. The number of benzene rings is 1. The van der Waals surface area contributed by atoms with Gasteiger partial charge in [0.2, 0.25) is 0 Å². The number of anilines is 1. The lowest BCUT2D eigenvalue weighted by Crippen LogP contribution is -2.36. The number of piperidine rings is 1. The van der Waals surface area contributed by atoms with Gasteiger partial charge in [-0.15, -0.1) is 0 Å².